The second-order valence-electron chi connectivity index (χ2n) is 4.25. The van der Waals surface area contributed by atoms with Gasteiger partial charge in [-0.05, 0) is 42.1 Å². The Morgan fingerprint density at radius 1 is 0.900 bits per heavy atom. The molecule has 0 aliphatic rings. The number of rotatable bonds is 3. The van der Waals surface area contributed by atoms with Crippen LogP contribution in [0.5, 0.6) is 0 Å². The van der Waals surface area contributed by atoms with E-state index in [1.54, 1.807) is 11.9 Å². The largest absolute Gasteiger partial charge is 0.287 e. The van der Waals surface area contributed by atoms with Crippen LogP contribution in [0.25, 0.3) is 10.9 Å². The molecule has 3 aromatic rings. The van der Waals surface area contributed by atoms with E-state index in [1.807, 2.05) is 13.8 Å². The first-order valence-electron chi connectivity index (χ1n) is 7.21. The van der Waals surface area contributed by atoms with Crippen LogP contribution in [-0.2, 0) is 6.42 Å². The number of aromatic nitrogens is 1. The summed E-state index contributed by atoms with van der Waals surface area (Å²) in [5.74, 6) is 0. The minimum Gasteiger partial charge on any atom is -0.287 e. The molecule has 1 aromatic heterocycles. The zero-order valence-corrected chi connectivity index (χ0v) is 13.2. The minimum absolute atomic E-state index is 1.07. The number of fused-ring (bicyclic) bond motifs is 1. The Hall–Kier alpha value is -1.67. The highest BCUT2D eigenvalue weighted by Gasteiger charge is 2.06. The molecular formula is C18H21NS. The highest BCUT2D eigenvalue weighted by atomic mass is 32.2. The normalized spacial score (nSPS) is 10.2. The van der Waals surface area contributed by atoms with Gasteiger partial charge in [0, 0.05) is 16.5 Å². The van der Waals surface area contributed by atoms with Crippen molar-refractivity contribution in [1.82, 2.24) is 3.97 Å². The molecule has 0 N–H and O–H groups in total. The van der Waals surface area contributed by atoms with E-state index in [2.05, 4.69) is 71.7 Å². The highest BCUT2D eigenvalue weighted by molar-refractivity contribution is 7.98. The summed E-state index contributed by atoms with van der Waals surface area (Å²) in [4.78, 5) is 1.26. The second kappa shape index (κ2) is 7.20. The number of para-hydroxylation sites is 1. The van der Waals surface area contributed by atoms with Crippen LogP contribution in [0.15, 0.2) is 65.7 Å². The van der Waals surface area contributed by atoms with E-state index in [1.165, 1.54) is 21.4 Å². The van der Waals surface area contributed by atoms with Crippen molar-refractivity contribution in [3.05, 3.63) is 66.4 Å². The summed E-state index contributed by atoms with van der Waals surface area (Å²) in [6.07, 6.45) is 3.22. The molecular weight excluding hydrogens is 262 g/mol. The van der Waals surface area contributed by atoms with Crippen molar-refractivity contribution >= 4 is 22.9 Å². The lowest BCUT2D eigenvalue weighted by Gasteiger charge is -2.07. The molecule has 0 aliphatic heterocycles. The van der Waals surface area contributed by atoms with Crippen molar-refractivity contribution in [2.24, 2.45) is 0 Å². The Morgan fingerprint density at radius 3 is 2.35 bits per heavy atom. The minimum atomic E-state index is 1.07. The Bertz CT molecular complexity index is 655. The van der Waals surface area contributed by atoms with Gasteiger partial charge in [0.15, 0.2) is 0 Å². The molecule has 1 nitrogen and oxygen atoms in total. The Kier molecular flexibility index (Phi) is 5.31. The predicted molar refractivity (Wildman–Crippen MR) is 90.4 cm³/mol. The van der Waals surface area contributed by atoms with Crippen LogP contribution in [-0.4, -0.2) is 3.97 Å². The van der Waals surface area contributed by atoms with E-state index in [0.717, 1.165) is 6.42 Å². The van der Waals surface area contributed by atoms with Crippen molar-refractivity contribution < 1.29 is 0 Å². The summed E-state index contributed by atoms with van der Waals surface area (Å²) in [6.45, 7) is 6.21. The third-order valence-electron chi connectivity index (χ3n) is 3.09. The average molecular weight is 283 g/mol. The van der Waals surface area contributed by atoms with Crippen LogP contribution < -0.4 is 0 Å². The standard InChI is InChI=1S/C16H15NS.C2H6/c1-2-13-7-6-8-14-11-12-17(16(13)14)18-15-9-4-3-5-10-15;1-2/h3-12H,2H2,1H3;1-2H3. The van der Waals surface area contributed by atoms with Crippen LogP contribution in [0, 0.1) is 0 Å². The van der Waals surface area contributed by atoms with Gasteiger partial charge in [0.1, 0.15) is 0 Å². The summed E-state index contributed by atoms with van der Waals surface area (Å²) in [5.41, 5.74) is 2.75. The number of nitrogens with zero attached hydrogens (tertiary/aromatic N) is 1. The van der Waals surface area contributed by atoms with Crippen molar-refractivity contribution in [2.75, 3.05) is 0 Å². The number of hydrogen-bond acceptors (Lipinski definition) is 1. The summed E-state index contributed by atoms with van der Waals surface area (Å²) in [7, 11) is 0. The molecule has 0 amide bonds. The molecule has 0 saturated heterocycles. The molecule has 0 unspecified atom stereocenters. The van der Waals surface area contributed by atoms with Gasteiger partial charge in [-0.25, -0.2) is 0 Å². The topological polar surface area (TPSA) is 4.93 Å². The molecule has 0 radical (unpaired) electrons. The maximum atomic E-state index is 2.27. The fourth-order valence-electron chi connectivity index (χ4n) is 2.19. The maximum absolute atomic E-state index is 2.27. The molecule has 2 heteroatoms. The first-order valence-corrected chi connectivity index (χ1v) is 7.98. The van der Waals surface area contributed by atoms with Crippen molar-refractivity contribution in [3.8, 4) is 0 Å². The van der Waals surface area contributed by atoms with Gasteiger partial charge in [0.25, 0.3) is 0 Å². The third-order valence-corrected chi connectivity index (χ3v) is 4.07. The van der Waals surface area contributed by atoms with Crippen LogP contribution in [0.4, 0.5) is 0 Å². The summed E-state index contributed by atoms with van der Waals surface area (Å²) < 4.78 is 2.27. The molecule has 2 aromatic carbocycles. The summed E-state index contributed by atoms with van der Waals surface area (Å²) >= 11 is 1.77. The quantitative estimate of drug-likeness (QED) is 0.589. The predicted octanol–water partition coefficient (Wildman–Crippen LogP) is 5.79. The van der Waals surface area contributed by atoms with Gasteiger partial charge >= 0.3 is 0 Å². The molecule has 0 spiro atoms. The summed E-state index contributed by atoms with van der Waals surface area (Å²) in [5, 5.41) is 1.32. The van der Waals surface area contributed by atoms with E-state index < -0.39 is 0 Å². The van der Waals surface area contributed by atoms with Gasteiger partial charge in [0.2, 0.25) is 0 Å². The van der Waals surface area contributed by atoms with Crippen LogP contribution in [0.3, 0.4) is 0 Å². The molecule has 20 heavy (non-hydrogen) atoms. The Labute approximate surface area is 125 Å². The monoisotopic (exact) mass is 283 g/mol. The van der Waals surface area contributed by atoms with Crippen molar-refractivity contribution in [1.29, 1.82) is 0 Å². The van der Waals surface area contributed by atoms with Crippen LogP contribution >= 0.6 is 11.9 Å². The highest BCUT2D eigenvalue weighted by Crippen LogP contribution is 2.28. The van der Waals surface area contributed by atoms with Gasteiger partial charge in [-0.3, -0.25) is 3.97 Å². The van der Waals surface area contributed by atoms with Gasteiger partial charge in [0.05, 0.1) is 5.52 Å². The van der Waals surface area contributed by atoms with E-state index in [9.17, 15) is 0 Å². The molecule has 0 saturated carbocycles. The Morgan fingerprint density at radius 2 is 1.65 bits per heavy atom. The van der Waals surface area contributed by atoms with E-state index in [4.69, 9.17) is 0 Å². The van der Waals surface area contributed by atoms with Gasteiger partial charge in [-0.1, -0.05) is 57.2 Å². The van der Waals surface area contributed by atoms with Crippen molar-refractivity contribution in [2.45, 2.75) is 32.1 Å². The fraction of sp³-hybridized carbons (Fsp3) is 0.222. The van der Waals surface area contributed by atoms with E-state index in [-0.39, 0.29) is 0 Å². The first-order chi connectivity index (χ1) is 9.88. The molecule has 3 rings (SSSR count). The zero-order chi connectivity index (χ0) is 14.4. The smallest absolute Gasteiger partial charge is 0.0626 e. The summed E-state index contributed by atoms with van der Waals surface area (Å²) in [6, 6.07) is 19.2. The zero-order valence-electron chi connectivity index (χ0n) is 12.3. The third kappa shape index (κ3) is 3.07. The number of aryl methyl sites for hydroxylation is 1. The first kappa shape index (κ1) is 14.7. The Balaban J connectivity index is 0.000000704. The maximum Gasteiger partial charge on any atom is 0.0626 e. The van der Waals surface area contributed by atoms with Crippen LogP contribution in [0.1, 0.15) is 26.3 Å². The molecule has 0 bridgehead atoms. The van der Waals surface area contributed by atoms with Gasteiger partial charge in [-0.15, -0.1) is 0 Å². The SMILES string of the molecule is CC.CCc1cccc2ccn(Sc3ccccc3)c12. The van der Waals surface area contributed by atoms with E-state index in [0.29, 0.717) is 0 Å². The molecule has 1 heterocycles. The van der Waals surface area contributed by atoms with E-state index >= 15 is 0 Å². The van der Waals surface area contributed by atoms with Crippen molar-refractivity contribution in [3.63, 3.8) is 0 Å². The molecule has 104 valence electrons. The molecule has 0 fully saturated rings. The lowest BCUT2D eigenvalue weighted by Crippen LogP contribution is -1.89. The molecule has 0 aliphatic carbocycles. The second-order valence-corrected chi connectivity index (χ2v) is 5.30. The lowest BCUT2D eigenvalue weighted by atomic mass is 10.1. The van der Waals surface area contributed by atoms with Crippen LogP contribution in [0.2, 0.25) is 0 Å². The molecule has 0 atom stereocenters. The fourth-order valence-corrected chi connectivity index (χ4v) is 3.13. The number of benzene rings is 2. The van der Waals surface area contributed by atoms with Gasteiger partial charge in [-0.2, -0.15) is 0 Å². The average Bonchev–Trinajstić information content (AvgIpc) is 2.93. The number of hydrogen-bond donors (Lipinski definition) is 0. The lowest BCUT2D eigenvalue weighted by molar-refractivity contribution is 1.14. The van der Waals surface area contributed by atoms with Gasteiger partial charge < -0.3 is 0 Å².